The van der Waals surface area contributed by atoms with Crippen LogP contribution in [0.25, 0.3) is 0 Å². The molecule has 21 heavy (non-hydrogen) atoms. The number of nitrogens with one attached hydrogen (secondary N) is 1. The van der Waals surface area contributed by atoms with Crippen molar-refractivity contribution >= 4 is 33.0 Å². The second-order valence-electron chi connectivity index (χ2n) is 4.10. The molecule has 108 valence electrons. The third-order valence-corrected chi connectivity index (χ3v) is 4.32. The summed E-state index contributed by atoms with van der Waals surface area (Å²) in [7, 11) is -3.98. The van der Waals surface area contributed by atoms with Crippen LogP contribution in [0.4, 0.5) is 15.8 Å². The molecule has 0 aliphatic carbocycles. The van der Waals surface area contributed by atoms with Gasteiger partial charge < -0.3 is 5.73 Å². The van der Waals surface area contributed by atoms with Gasteiger partial charge in [-0.25, -0.2) is 12.8 Å². The molecule has 0 atom stereocenters. The first-order chi connectivity index (χ1) is 9.83. The van der Waals surface area contributed by atoms with Gasteiger partial charge in [-0.05, 0) is 36.4 Å². The lowest BCUT2D eigenvalue weighted by Crippen LogP contribution is -2.13. The number of sulfonamides is 1. The van der Waals surface area contributed by atoms with E-state index in [0.717, 1.165) is 12.1 Å². The smallest absolute Gasteiger partial charge is 0.261 e. The van der Waals surface area contributed by atoms with Gasteiger partial charge in [0.05, 0.1) is 26.9 Å². The van der Waals surface area contributed by atoms with E-state index in [1.54, 1.807) is 0 Å². The summed E-state index contributed by atoms with van der Waals surface area (Å²) in [6, 6.07) is 9.09. The molecule has 2 aromatic rings. The highest BCUT2D eigenvalue weighted by atomic mass is 35.5. The SMILES string of the molecule is N#Cc1ccc(NS(=O)(=O)c2ccc(N)c(F)c2)cc1Cl. The van der Waals surface area contributed by atoms with Gasteiger partial charge in [-0.15, -0.1) is 0 Å². The van der Waals surface area contributed by atoms with E-state index in [2.05, 4.69) is 4.72 Å². The van der Waals surface area contributed by atoms with Crippen LogP contribution in [0.15, 0.2) is 41.3 Å². The second kappa shape index (κ2) is 5.60. The fourth-order valence-corrected chi connectivity index (χ4v) is 2.84. The van der Waals surface area contributed by atoms with Crippen molar-refractivity contribution in [3.05, 3.63) is 52.8 Å². The van der Waals surface area contributed by atoms with E-state index >= 15 is 0 Å². The van der Waals surface area contributed by atoms with E-state index < -0.39 is 15.8 Å². The molecule has 0 bridgehead atoms. The monoisotopic (exact) mass is 325 g/mol. The summed E-state index contributed by atoms with van der Waals surface area (Å²) in [5.74, 6) is -0.823. The fraction of sp³-hybridized carbons (Fsp3) is 0. The molecule has 0 aliphatic rings. The molecule has 0 saturated heterocycles. The van der Waals surface area contributed by atoms with E-state index in [1.807, 2.05) is 6.07 Å². The number of nitrogens with zero attached hydrogens (tertiary/aromatic N) is 1. The number of halogens is 2. The van der Waals surface area contributed by atoms with Crippen LogP contribution in [0.1, 0.15) is 5.56 Å². The summed E-state index contributed by atoms with van der Waals surface area (Å²) in [6.07, 6.45) is 0. The summed E-state index contributed by atoms with van der Waals surface area (Å²) in [5, 5.41) is 8.86. The Labute approximate surface area is 125 Å². The van der Waals surface area contributed by atoms with Gasteiger partial charge in [0.25, 0.3) is 10.0 Å². The predicted molar refractivity (Wildman–Crippen MR) is 77.8 cm³/mol. The third-order valence-electron chi connectivity index (χ3n) is 2.62. The number of benzene rings is 2. The lowest BCUT2D eigenvalue weighted by molar-refractivity contribution is 0.596. The zero-order chi connectivity index (χ0) is 15.6. The van der Waals surface area contributed by atoms with Crippen molar-refractivity contribution < 1.29 is 12.8 Å². The highest BCUT2D eigenvalue weighted by Crippen LogP contribution is 2.23. The maximum atomic E-state index is 13.3. The van der Waals surface area contributed by atoms with Gasteiger partial charge in [0.15, 0.2) is 0 Å². The molecule has 0 fully saturated rings. The first-order valence-electron chi connectivity index (χ1n) is 5.61. The Morgan fingerprint density at radius 1 is 1.24 bits per heavy atom. The molecule has 0 spiro atoms. The van der Waals surface area contributed by atoms with E-state index in [0.29, 0.717) is 0 Å². The Morgan fingerprint density at radius 3 is 2.52 bits per heavy atom. The fourth-order valence-electron chi connectivity index (χ4n) is 1.56. The number of nitrogens with two attached hydrogens (primary N) is 1. The Hall–Kier alpha value is -2.30. The first kappa shape index (κ1) is 15.1. The third kappa shape index (κ3) is 3.24. The Kier molecular flexibility index (Phi) is 4.02. The standard InChI is InChI=1S/C13H9ClFN3O2S/c14-11-5-9(2-1-8(11)7-16)18-21(19,20)10-3-4-13(17)12(15)6-10/h1-6,18H,17H2. The van der Waals surface area contributed by atoms with Crippen molar-refractivity contribution in [1.82, 2.24) is 0 Å². The largest absolute Gasteiger partial charge is 0.396 e. The van der Waals surface area contributed by atoms with Crippen molar-refractivity contribution in [1.29, 1.82) is 5.26 Å². The van der Waals surface area contributed by atoms with Crippen molar-refractivity contribution in [2.75, 3.05) is 10.5 Å². The molecule has 3 N–H and O–H groups in total. The summed E-state index contributed by atoms with van der Waals surface area (Å²) in [4.78, 5) is -0.269. The van der Waals surface area contributed by atoms with Crippen LogP contribution in [-0.2, 0) is 10.0 Å². The lowest BCUT2D eigenvalue weighted by atomic mass is 10.2. The zero-order valence-corrected chi connectivity index (χ0v) is 12.0. The average Bonchev–Trinajstić information content (AvgIpc) is 2.41. The highest BCUT2D eigenvalue weighted by Gasteiger charge is 2.16. The molecule has 0 saturated carbocycles. The molecular formula is C13H9ClFN3O2S. The van der Waals surface area contributed by atoms with E-state index in [1.165, 1.54) is 24.3 Å². The van der Waals surface area contributed by atoms with Crippen LogP contribution >= 0.6 is 11.6 Å². The minimum Gasteiger partial charge on any atom is -0.396 e. The van der Waals surface area contributed by atoms with Gasteiger partial charge in [0.2, 0.25) is 0 Å². The topological polar surface area (TPSA) is 96.0 Å². The Balaban J connectivity index is 2.35. The molecule has 0 amide bonds. The zero-order valence-electron chi connectivity index (χ0n) is 10.5. The molecule has 0 unspecified atom stereocenters. The van der Waals surface area contributed by atoms with Crippen LogP contribution in [0.3, 0.4) is 0 Å². The molecule has 2 rings (SSSR count). The lowest BCUT2D eigenvalue weighted by Gasteiger charge is -2.09. The van der Waals surface area contributed by atoms with Crippen LogP contribution in [0, 0.1) is 17.1 Å². The molecule has 0 radical (unpaired) electrons. The second-order valence-corrected chi connectivity index (χ2v) is 6.18. The first-order valence-corrected chi connectivity index (χ1v) is 7.47. The maximum absolute atomic E-state index is 13.3. The van der Waals surface area contributed by atoms with Crippen LogP contribution in [0.2, 0.25) is 5.02 Å². The number of anilines is 2. The Morgan fingerprint density at radius 2 is 1.95 bits per heavy atom. The molecular weight excluding hydrogens is 317 g/mol. The number of hydrogen-bond acceptors (Lipinski definition) is 4. The maximum Gasteiger partial charge on any atom is 0.261 e. The van der Waals surface area contributed by atoms with Gasteiger partial charge in [-0.1, -0.05) is 11.6 Å². The van der Waals surface area contributed by atoms with Crippen molar-refractivity contribution in [3.63, 3.8) is 0 Å². The number of nitriles is 1. The van der Waals surface area contributed by atoms with Crippen LogP contribution < -0.4 is 10.5 Å². The van der Waals surface area contributed by atoms with Gasteiger partial charge >= 0.3 is 0 Å². The van der Waals surface area contributed by atoms with E-state index in [4.69, 9.17) is 22.6 Å². The normalized spacial score (nSPS) is 10.9. The minimum atomic E-state index is -3.98. The van der Waals surface area contributed by atoms with E-state index in [-0.39, 0.29) is 26.9 Å². The summed E-state index contributed by atoms with van der Waals surface area (Å²) >= 11 is 5.82. The molecule has 5 nitrogen and oxygen atoms in total. The summed E-state index contributed by atoms with van der Waals surface area (Å²) in [5.41, 5.74) is 5.54. The van der Waals surface area contributed by atoms with Gasteiger partial charge in [-0.3, -0.25) is 4.72 Å². The van der Waals surface area contributed by atoms with Gasteiger partial charge in [0, 0.05) is 0 Å². The quantitative estimate of drug-likeness (QED) is 0.848. The average molecular weight is 326 g/mol. The highest BCUT2D eigenvalue weighted by molar-refractivity contribution is 7.92. The number of nitrogen functional groups attached to an aromatic ring is 1. The van der Waals surface area contributed by atoms with E-state index in [9.17, 15) is 12.8 Å². The van der Waals surface area contributed by atoms with Crippen LogP contribution in [0.5, 0.6) is 0 Å². The molecule has 2 aromatic carbocycles. The van der Waals surface area contributed by atoms with Crippen molar-refractivity contribution in [2.24, 2.45) is 0 Å². The molecule has 0 aliphatic heterocycles. The van der Waals surface area contributed by atoms with Crippen LogP contribution in [-0.4, -0.2) is 8.42 Å². The Bertz CT molecular complexity index is 847. The summed E-state index contributed by atoms with van der Waals surface area (Å²) in [6.45, 7) is 0. The van der Waals surface area contributed by atoms with Crippen molar-refractivity contribution in [2.45, 2.75) is 4.90 Å². The van der Waals surface area contributed by atoms with Crippen molar-refractivity contribution in [3.8, 4) is 6.07 Å². The minimum absolute atomic E-state index is 0.112. The van der Waals surface area contributed by atoms with Gasteiger partial charge in [0.1, 0.15) is 11.9 Å². The number of rotatable bonds is 3. The molecule has 8 heteroatoms. The predicted octanol–water partition coefficient (Wildman–Crippen LogP) is 2.73. The molecule has 0 aromatic heterocycles. The molecule has 0 heterocycles. The summed E-state index contributed by atoms with van der Waals surface area (Å²) < 4.78 is 39.8. The van der Waals surface area contributed by atoms with Gasteiger partial charge in [-0.2, -0.15) is 5.26 Å². The number of hydrogen-bond donors (Lipinski definition) is 2.